The van der Waals surface area contributed by atoms with Crippen molar-refractivity contribution in [2.24, 2.45) is 5.92 Å². The fraction of sp³-hybridized carbons (Fsp3) is 0.412. The number of carbonyl (C=O) groups excluding carboxylic acids is 1. The lowest BCUT2D eigenvalue weighted by Crippen LogP contribution is -2.49. The molecule has 1 aromatic carbocycles. The molecule has 1 amide bonds. The number of amides is 1. The third-order valence-corrected chi connectivity index (χ3v) is 6.45. The fourth-order valence-electron chi connectivity index (χ4n) is 3.48. The molecule has 1 saturated heterocycles. The predicted molar refractivity (Wildman–Crippen MR) is 93.8 cm³/mol. The summed E-state index contributed by atoms with van der Waals surface area (Å²) < 4.78 is 0. The van der Waals surface area contributed by atoms with E-state index in [-0.39, 0.29) is 17.8 Å². The number of hydrogen-bond acceptors (Lipinski definition) is 3. The molecule has 0 bridgehead atoms. The lowest BCUT2D eigenvalue weighted by molar-refractivity contribution is -0.129. The molecule has 0 spiro atoms. The highest BCUT2D eigenvalue weighted by molar-refractivity contribution is 8.03. The van der Waals surface area contributed by atoms with Crippen LogP contribution in [0.5, 0.6) is 0 Å². The third-order valence-electron chi connectivity index (χ3n) is 4.92. The number of nitrogens with zero attached hydrogens (tertiary/aromatic N) is 1. The molecule has 2 unspecified atom stereocenters. The molecule has 23 heavy (non-hydrogen) atoms. The van der Waals surface area contributed by atoms with E-state index >= 15 is 0 Å². The van der Waals surface area contributed by atoms with Crippen molar-refractivity contribution in [3.8, 4) is 0 Å². The predicted octanol–water partition coefficient (Wildman–Crippen LogP) is 3.20. The topological polar surface area (TPSA) is 56.2 Å². The Labute approximate surface area is 144 Å². The van der Waals surface area contributed by atoms with Crippen LogP contribution >= 0.6 is 23.4 Å². The van der Waals surface area contributed by atoms with Crippen LogP contribution in [-0.2, 0) is 4.79 Å². The zero-order chi connectivity index (χ0) is 16.2. The minimum Gasteiger partial charge on any atom is -0.337 e. The summed E-state index contributed by atoms with van der Waals surface area (Å²) >= 11 is 7.84. The summed E-state index contributed by atoms with van der Waals surface area (Å²) in [5.41, 5.74) is 0.476. The van der Waals surface area contributed by atoms with Crippen LogP contribution in [0.1, 0.15) is 24.3 Å². The van der Waals surface area contributed by atoms with Gasteiger partial charge in [-0.25, -0.2) is 0 Å². The average molecular weight is 348 g/mol. The first kappa shape index (κ1) is 15.1. The van der Waals surface area contributed by atoms with Crippen LogP contribution < -0.4 is 5.32 Å². The molecule has 6 heteroatoms. The van der Waals surface area contributed by atoms with E-state index in [2.05, 4.69) is 17.5 Å². The largest absolute Gasteiger partial charge is 0.337 e. The van der Waals surface area contributed by atoms with Crippen molar-refractivity contribution >= 4 is 35.2 Å². The molecule has 2 atom stereocenters. The van der Waals surface area contributed by atoms with Crippen LogP contribution in [0.25, 0.3) is 0 Å². The lowest BCUT2D eigenvalue weighted by Gasteiger charge is -2.27. The molecular formula is C17H18ClN3OS. The summed E-state index contributed by atoms with van der Waals surface area (Å²) in [5.74, 6) is 1.69. The average Bonchev–Trinajstić information content (AvgIpc) is 3.22. The van der Waals surface area contributed by atoms with Gasteiger partial charge in [-0.1, -0.05) is 29.8 Å². The van der Waals surface area contributed by atoms with Crippen molar-refractivity contribution in [3.05, 3.63) is 45.8 Å². The van der Waals surface area contributed by atoms with Gasteiger partial charge in [0.15, 0.2) is 11.5 Å². The first-order valence-electron chi connectivity index (χ1n) is 7.78. The highest BCUT2D eigenvalue weighted by Gasteiger charge is 2.60. The molecule has 2 N–H and O–H groups in total. The van der Waals surface area contributed by atoms with Crippen LogP contribution in [0.2, 0.25) is 5.02 Å². The zero-order valence-electron chi connectivity index (χ0n) is 12.8. The minimum atomic E-state index is -0.705. The van der Waals surface area contributed by atoms with Crippen LogP contribution in [-0.4, -0.2) is 35.1 Å². The Morgan fingerprint density at radius 3 is 2.83 bits per heavy atom. The summed E-state index contributed by atoms with van der Waals surface area (Å²) in [4.78, 5) is 15.4. The molecule has 0 radical (unpaired) electrons. The Hall–Kier alpha value is -1.46. The van der Waals surface area contributed by atoms with Gasteiger partial charge in [-0.2, -0.15) is 0 Å². The Kier molecular flexibility index (Phi) is 3.46. The second kappa shape index (κ2) is 5.28. The van der Waals surface area contributed by atoms with Crippen LogP contribution in [0.3, 0.4) is 0 Å². The molecule has 1 saturated carbocycles. The number of thioether (sulfide) groups is 1. The monoisotopic (exact) mass is 347 g/mol. The van der Waals surface area contributed by atoms with Gasteiger partial charge >= 0.3 is 0 Å². The maximum absolute atomic E-state index is 12.9. The molecule has 1 aliphatic carbocycles. The van der Waals surface area contributed by atoms with E-state index in [4.69, 9.17) is 17.0 Å². The second-order valence-corrected chi connectivity index (χ2v) is 7.92. The van der Waals surface area contributed by atoms with Gasteiger partial charge in [0.05, 0.1) is 0 Å². The van der Waals surface area contributed by atoms with Gasteiger partial charge in [-0.3, -0.25) is 15.1 Å². The summed E-state index contributed by atoms with van der Waals surface area (Å²) in [7, 11) is 1.68. The van der Waals surface area contributed by atoms with Gasteiger partial charge in [0, 0.05) is 28.6 Å². The van der Waals surface area contributed by atoms with Gasteiger partial charge < -0.3 is 5.32 Å². The first-order chi connectivity index (χ1) is 11.0. The Morgan fingerprint density at radius 2 is 2.22 bits per heavy atom. The minimum absolute atomic E-state index is 0.00972. The molecule has 3 aliphatic rings. The van der Waals surface area contributed by atoms with Crippen molar-refractivity contribution < 1.29 is 4.79 Å². The Bertz CT molecular complexity index is 730. The quantitative estimate of drug-likeness (QED) is 0.882. The number of halogens is 1. The molecule has 0 aromatic heterocycles. The normalized spacial score (nSPS) is 30.6. The van der Waals surface area contributed by atoms with Crippen molar-refractivity contribution in [3.63, 3.8) is 0 Å². The van der Waals surface area contributed by atoms with Gasteiger partial charge in [0.2, 0.25) is 0 Å². The molecule has 4 rings (SSSR count). The number of benzene rings is 1. The molecule has 2 aliphatic heterocycles. The molecular weight excluding hydrogens is 330 g/mol. The summed E-state index contributed by atoms with van der Waals surface area (Å²) in [6.07, 6.45) is 4.28. The molecule has 2 fully saturated rings. The van der Waals surface area contributed by atoms with E-state index in [1.54, 1.807) is 18.8 Å². The zero-order valence-corrected chi connectivity index (χ0v) is 14.4. The van der Waals surface area contributed by atoms with Gasteiger partial charge in [0.1, 0.15) is 0 Å². The van der Waals surface area contributed by atoms with Crippen LogP contribution in [0.4, 0.5) is 0 Å². The van der Waals surface area contributed by atoms with E-state index in [1.165, 1.54) is 10.5 Å². The molecule has 120 valence electrons. The number of allylic oxidation sites excluding steroid dienone is 1. The van der Waals surface area contributed by atoms with E-state index in [0.29, 0.717) is 5.92 Å². The third kappa shape index (κ3) is 2.29. The van der Waals surface area contributed by atoms with Crippen LogP contribution in [0, 0.1) is 11.3 Å². The van der Waals surface area contributed by atoms with E-state index in [0.717, 1.165) is 28.5 Å². The lowest BCUT2D eigenvalue weighted by atomic mass is 9.89. The van der Waals surface area contributed by atoms with Crippen molar-refractivity contribution in [1.29, 1.82) is 5.41 Å². The van der Waals surface area contributed by atoms with E-state index < -0.39 is 5.54 Å². The van der Waals surface area contributed by atoms with Crippen LogP contribution in [0.15, 0.2) is 35.2 Å². The first-order valence-corrected chi connectivity index (χ1v) is 9.14. The maximum Gasteiger partial charge on any atom is 0.260 e. The van der Waals surface area contributed by atoms with Crippen molar-refractivity contribution in [1.82, 2.24) is 10.2 Å². The number of nitrogens with one attached hydrogen (secondary N) is 2. The van der Waals surface area contributed by atoms with Gasteiger partial charge in [-0.15, -0.1) is 11.8 Å². The standard InChI is InChI=1S/C17H18ClN3OS/c1-21-15(22)17(12-5-6-12,20-16(21)19)14-8-11(9-23-14)10-3-2-4-13(18)7-10/h2-4,7-8,11-12H,5-6,9H2,1H3,(H2,19,20). The maximum atomic E-state index is 12.9. The Morgan fingerprint density at radius 1 is 1.43 bits per heavy atom. The number of hydrogen-bond donors (Lipinski definition) is 2. The number of likely N-dealkylation sites (N-methyl/N-ethyl adjacent to an activating group) is 1. The highest BCUT2D eigenvalue weighted by atomic mass is 35.5. The Balaban J connectivity index is 1.70. The summed E-state index contributed by atoms with van der Waals surface area (Å²) in [5, 5.41) is 11.9. The van der Waals surface area contributed by atoms with Gasteiger partial charge in [0.25, 0.3) is 5.91 Å². The number of carbonyl (C=O) groups is 1. The van der Waals surface area contributed by atoms with E-state index in [1.807, 2.05) is 18.2 Å². The van der Waals surface area contributed by atoms with Gasteiger partial charge in [-0.05, 0) is 36.5 Å². The smallest absolute Gasteiger partial charge is 0.260 e. The van der Waals surface area contributed by atoms with Crippen molar-refractivity contribution in [2.75, 3.05) is 12.8 Å². The molecule has 2 heterocycles. The molecule has 4 nitrogen and oxygen atoms in total. The second-order valence-electron chi connectivity index (χ2n) is 6.42. The number of guanidine groups is 1. The van der Waals surface area contributed by atoms with E-state index in [9.17, 15) is 4.79 Å². The summed E-state index contributed by atoms with van der Waals surface area (Å²) in [6.45, 7) is 0. The van der Waals surface area contributed by atoms with Crippen molar-refractivity contribution in [2.45, 2.75) is 24.3 Å². The highest BCUT2D eigenvalue weighted by Crippen LogP contribution is 2.52. The fourth-order valence-corrected chi connectivity index (χ4v) is 5.12. The SMILES string of the molecule is CN1C(=N)NC(C2=CC(c3cccc(Cl)c3)CS2)(C2CC2)C1=O. The molecule has 1 aromatic rings. The number of rotatable bonds is 3. The summed E-state index contributed by atoms with van der Waals surface area (Å²) in [6, 6.07) is 7.92.